The van der Waals surface area contributed by atoms with Crippen LogP contribution in [0.5, 0.6) is 0 Å². The summed E-state index contributed by atoms with van der Waals surface area (Å²) in [6.07, 6.45) is 1.94. The van der Waals surface area contributed by atoms with E-state index in [0.717, 1.165) is 14.8 Å². The maximum atomic E-state index is 13.3. The summed E-state index contributed by atoms with van der Waals surface area (Å²) < 4.78 is 27.7. The van der Waals surface area contributed by atoms with Gasteiger partial charge in [0.1, 0.15) is 6.54 Å². The number of sulfonamides is 1. The molecule has 0 bridgehead atoms. The molecule has 8 heteroatoms. The first kappa shape index (κ1) is 22.2. The highest BCUT2D eigenvalue weighted by Crippen LogP contribution is 2.28. The number of rotatable bonds is 7. The third-order valence-electron chi connectivity index (χ3n) is 4.42. The molecule has 0 aliphatic heterocycles. The Balaban J connectivity index is 1.95. The van der Waals surface area contributed by atoms with E-state index >= 15 is 0 Å². The maximum absolute atomic E-state index is 13.3. The first-order valence-electron chi connectivity index (χ1n) is 9.09. The summed E-state index contributed by atoms with van der Waals surface area (Å²) in [7, 11) is -3.97. The first-order chi connectivity index (χ1) is 14.3. The number of thioether (sulfide) groups is 1. The van der Waals surface area contributed by atoms with Gasteiger partial charge in [-0.05, 0) is 61.2 Å². The number of carbonyl (C=O) groups excluding carboxylic acids is 1. The molecule has 3 aromatic carbocycles. The SMILES string of the molecule is CSc1cccc(NC(=O)CN(c2ccc(C)c(Cl)c2)S(=O)(=O)c2ccccc2)c1. The fourth-order valence-corrected chi connectivity index (χ4v) is 4.87. The number of hydrogen-bond donors (Lipinski definition) is 1. The third kappa shape index (κ3) is 5.16. The number of hydrogen-bond acceptors (Lipinski definition) is 4. The number of aryl methyl sites for hydroxylation is 1. The highest BCUT2D eigenvalue weighted by molar-refractivity contribution is 7.98. The molecule has 3 aromatic rings. The van der Waals surface area contributed by atoms with Gasteiger partial charge in [0.05, 0.1) is 10.6 Å². The summed E-state index contributed by atoms with van der Waals surface area (Å²) in [5.41, 5.74) is 1.74. The molecule has 1 amide bonds. The minimum Gasteiger partial charge on any atom is -0.324 e. The van der Waals surface area contributed by atoms with Crippen LogP contribution in [-0.2, 0) is 14.8 Å². The van der Waals surface area contributed by atoms with Crippen molar-refractivity contribution in [2.75, 3.05) is 22.4 Å². The van der Waals surface area contributed by atoms with Gasteiger partial charge in [0.15, 0.2) is 0 Å². The average molecular weight is 461 g/mol. The lowest BCUT2D eigenvalue weighted by Crippen LogP contribution is -2.38. The molecule has 0 radical (unpaired) electrons. The van der Waals surface area contributed by atoms with E-state index in [2.05, 4.69) is 5.32 Å². The molecule has 0 aromatic heterocycles. The van der Waals surface area contributed by atoms with Crippen LogP contribution >= 0.6 is 23.4 Å². The zero-order chi connectivity index (χ0) is 21.7. The Labute approximate surface area is 186 Å². The molecular formula is C22H21ClN2O3S2. The van der Waals surface area contributed by atoms with E-state index in [4.69, 9.17) is 11.6 Å². The van der Waals surface area contributed by atoms with E-state index in [1.807, 2.05) is 31.4 Å². The minimum atomic E-state index is -3.97. The molecule has 0 fully saturated rings. The quantitative estimate of drug-likeness (QED) is 0.492. The van der Waals surface area contributed by atoms with Gasteiger partial charge in [0, 0.05) is 15.6 Å². The van der Waals surface area contributed by atoms with E-state index in [1.165, 1.54) is 12.1 Å². The molecule has 0 saturated heterocycles. The third-order valence-corrected chi connectivity index (χ3v) is 7.34. The first-order valence-corrected chi connectivity index (χ1v) is 12.1. The normalized spacial score (nSPS) is 11.2. The Morgan fingerprint density at radius 1 is 1.03 bits per heavy atom. The molecule has 156 valence electrons. The number of nitrogens with one attached hydrogen (secondary N) is 1. The van der Waals surface area contributed by atoms with Crippen molar-refractivity contribution in [2.45, 2.75) is 16.7 Å². The topological polar surface area (TPSA) is 66.5 Å². The summed E-state index contributed by atoms with van der Waals surface area (Å²) in [4.78, 5) is 13.9. The number of amides is 1. The van der Waals surface area contributed by atoms with Gasteiger partial charge in [-0.15, -0.1) is 11.8 Å². The second kappa shape index (κ2) is 9.55. The van der Waals surface area contributed by atoms with Crippen LogP contribution in [0.2, 0.25) is 5.02 Å². The molecule has 0 heterocycles. The zero-order valence-corrected chi connectivity index (χ0v) is 18.9. The van der Waals surface area contributed by atoms with Gasteiger partial charge in [-0.1, -0.05) is 41.9 Å². The summed E-state index contributed by atoms with van der Waals surface area (Å²) in [6.45, 7) is 1.44. The molecule has 0 spiro atoms. The lowest BCUT2D eigenvalue weighted by molar-refractivity contribution is -0.114. The fourth-order valence-electron chi connectivity index (χ4n) is 2.80. The molecule has 5 nitrogen and oxygen atoms in total. The monoisotopic (exact) mass is 460 g/mol. The van der Waals surface area contributed by atoms with Crippen molar-refractivity contribution in [3.8, 4) is 0 Å². The number of carbonyl (C=O) groups is 1. The highest BCUT2D eigenvalue weighted by atomic mass is 35.5. The van der Waals surface area contributed by atoms with Crippen LogP contribution in [0.15, 0.2) is 82.6 Å². The lowest BCUT2D eigenvalue weighted by atomic mass is 10.2. The largest absolute Gasteiger partial charge is 0.324 e. The van der Waals surface area contributed by atoms with E-state index in [9.17, 15) is 13.2 Å². The van der Waals surface area contributed by atoms with Gasteiger partial charge in [0.25, 0.3) is 10.0 Å². The van der Waals surface area contributed by atoms with Crippen LogP contribution in [0.1, 0.15) is 5.56 Å². The van der Waals surface area contributed by atoms with Gasteiger partial charge in [-0.3, -0.25) is 9.10 Å². The second-order valence-corrected chi connectivity index (χ2v) is 9.69. The van der Waals surface area contributed by atoms with E-state index < -0.39 is 15.9 Å². The van der Waals surface area contributed by atoms with Gasteiger partial charge in [-0.25, -0.2) is 8.42 Å². The molecule has 30 heavy (non-hydrogen) atoms. The Kier molecular flexibility index (Phi) is 7.07. The Hall–Kier alpha value is -2.48. The second-order valence-electron chi connectivity index (χ2n) is 6.54. The molecule has 0 aliphatic rings. The van der Waals surface area contributed by atoms with Crippen LogP contribution in [-0.4, -0.2) is 27.1 Å². The molecule has 0 aliphatic carbocycles. The molecule has 0 unspecified atom stereocenters. The van der Waals surface area contributed by atoms with Gasteiger partial charge >= 0.3 is 0 Å². The average Bonchev–Trinajstić information content (AvgIpc) is 2.74. The summed E-state index contributed by atoms with van der Waals surface area (Å²) in [5, 5.41) is 3.20. The van der Waals surface area contributed by atoms with Gasteiger partial charge in [-0.2, -0.15) is 0 Å². The van der Waals surface area contributed by atoms with E-state index in [0.29, 0.717) is 16.4 Å². The number of nitrogens with zero attached hydrogens (tertiary/aromatic N) is 1. The van der Waals surface area contributed by atoms with Crippen molar-refractivity contribution in [1.82, 2.24) is 0 Å². The van der Waals surface area contributed by atoms with Gasteiger partial charge in [0.2, 0.25) is 5.91 Å². The number of halogens is 1. The van der Waals surface area contributed by atoms with Crippen LogP contribution < -0.4 is 9.62 Å². The molecule has 3 rings (SSSR count). The predicted octanol–water partition coefficient (Wildman–Crippen LogP) is 5.20. The summed E-state index contributed by atoms with van der Waals surface area (Å²) >= 11 is 7.78. The van der Waals surface area contributed by atoms with Crippen LogP contribution in [0.3, 0.4) is 0 Å². The molecule has 0 saturated carbocycles. The number of benzene rings is 3. The highest BCUT2D eigenvalue weighted by Gasteiger charge is 2.27. The molecule has 0 atom stereocenters. The van der Waals surface area contributed by atoms with Crippen LogP contribution in [0, 0.1) is 6.92 Å². The van der Waals surface area contributed by atoms with Crippen molar-refractivity contribution in [1.29, 1.82) is 0 Å². The van der Waals surface area contributed by atoms with Crippen molar-refractivity contribution in [3.63, 3.8) is 0 Å². The fraction of sp³-hybridized carbons (Fsp3) is 0.136. The van der Waals surface area contributed by atoms with E-state index in [1.54, 1.807) is 54.2 Å². The lowest BCUT2D eigenvalue weighted by Gasteiger charge is -2.24. The smallest absolute Gasteiger partial charge is 0.264 e. The molecule has 1 N–H and O–H groups in total. The van der Waals surface area contributed by atoms with Crippen molar-refractivity contribution < 1.29 is 13.2 Å². The molecular weight excluding hydrogens is 440 g/mol. The summed E-state index contributed by atoms with van der Waals surface area (Å²) in [6, 6.07) is 20.3. The maximum Gasteiger partial charge on any atom is 0.264 e. The number of anilines is 2. The van der Waals surface area contributed by atoms with Gasteiger partial charge < -0.3 is 5.32 Å². The zero-order valence-electron chi connectivity index (χ0n) is 16.5. The van der Waals surface area contributed by atoms with Crippen molar-refractivity contribution in [2.24, 2.45) is 0 Å². The van der Waals surface area contributed by atoms with Crippen molar-refractivity contribution >= 4 is 50.7 Å². The summed E-state index contributed by atoms with van der Waals surface area (Å²) in [5.74, 6) is -0.454. The van der Waals surface area contributed by atoms with Crippen LogP contribution in [0.4, 0.5) is 11.4 Å². The predicted molar refractivity (Wildman–Crippen MR) is 124 cm³/mol. The van der Waals surface area contributed by atoms with Crippen molar-refractivity contribution in [3.05, 3.63) is 83.4 Å². The van der Waals surface area contributed by atoms with E-state index in [-0.39, 0.29) is 11.4 Å². The van der Waals surface area contributed by atoms with Crippen LogP contribution in [0.25, 0.3) is 0 Å². The standard InChI is InChI=1S/C22H21ClN2O3S2/c1-16-11-12-18(14-21(16)23)25(30(27,28)20-9-4-3-5-10-20)15-22(26)24-17-7-6-8-19(13-17)29-2/h3-14H,15H2,1-2H3,(H,24,26). The Bertz CT molecular complexity index is 1150. The Morgan fingerprint density at radius 3 is 2.43 bits per heavy atom. The Morgan fingerprint density at radius 2 is 1.77 bits per heavy atom. The minimum absolute atomic E-state index is 0.0962.